The van der Waals surface area contributed by atoms with E-state index in [9.17, 15) is 4.79 Å². The molecule has 4 rings (SSSR count). The second kappa shape index (κ2) is 6.85. The van der Waals surface area contributed by atoms with Gasteiger partial charge < -0.3 is 14.5 Å². The van der Waals surface area contributed by atoms with Gasteiger partial charge >= 0.3 is 0 Å². The van der Waals surface area contributed by atoms with Gasteiger partial charge in [-0.05, 0) is 34.9 Å². The van der Waals surface area contributed by atoms with Gasteiger partial charge in [0.2, 0.25) is 5.91 Å². The van der Waals surface area contributed by atoms with Crippen LogP contribution in [0.15, 0.2) is 71.3 Å². The molecule has 126 valence electrons. The molecule has 1 aromatic heterocycles. The van der Waals surface area contributed by atoms with Gasteiger partial charge in [0.25, 0.3) is 0 Å². The van der Waals surface area contributed by atoms with Crippen LogP contribution in [0.2, 0.25) is 0 Å². The first-order valence-electron chi connectivity index (χ1n) is 8.42. The number of benzene rings is 2. The van der Waals surface area contributed by atoms with E-state index in [-0.39, 0.29) is 11.9 Å². The Kier molecular flexibility index (Phi) is 4.25. The number of rotatable bonds is 5. The van der Waals surface area contributed by atoms with Crippen LogP contribution >= 0.6 is 0 Å². The van der Waals surface area contributed by atoms with E-state index in [0.717, 1.165) is 35.7 Å². The van der Waals surface area contributed by atoms with Gasteiger partial charge in [0.1, 0.15) is 17.6 Å². The average Bonchev–Trinajstić information content (AvgIpc) is 3.31. The lowest BCUT2D eigenvalue weighted by Crippen LogP contribution is -2.30. The van der Waals surface area contributed by atoms with Crippen molar-refractivity contribution in [3.63, 3.8) is 0 Å². The molecule has 25 heavy (non-hydrogen) atoms. The molecular weight excluding hydrogens is 314 g/mol. The molecule has 1 aliphatic rings. The highest BCUT2D eigenvalue weighted by Crippen LogP contribution is 2.26. The molecule has 2 heterocycles. The molecule has 1 unspecified atom stereocenters. The van der Waals surface area contributed by atoms with Crippen LogP contribution in [-0.4, -0.2) is 12.5 Å². The number of hydrogen-bond acceptors (Lipinski definition) is 3. The number of fused-ring (bicyclic) bond motifs is 1. The first-order valence-corrected chi connectivity index (χ1v) is 8.42. The Morgan fingerprint density at radius 3 is 2.76 bits per heavy atom. The van der Waals surface area contributed by atoms with Crippen molar-refractivity contribution in [2.24, 2.45) is 0 Å². The topological polar surface area (TPSA) is 51.5 Å². The molecule has 4 heteroatoms. The first kappa shape index (κ1) is 15.5. The van der Waals surface area contributed by atoms with Crippen LogP contribution in [0.5, 0.6) is 5.75 Å². The van der Waals surface area contributed by atoms with Crippen molar-refractivity contribution in [3.8, 4) is 5.75 Å². The quantitative estimate of drug-likeness (QED) is 0.775. The third kappa shape index (κ3) is 3.43. The average molecular weight is 333 g/mol. The molecule has 1 aliphatic heterocycles. The summed E-state index contributed by atoms with van der Waals surface area (Å²) >= 11 is 0. The molecular formula is C21H19NO3. The molecule has 0 bridgehead atoms. The summed E-state index contributed by atoms with van der Waals surface area (Å²) in [4.78, 5) is 12.6. The Hall–Kier alpha value is -3.01. The summed E-state index contributed by atoms with van der Waals surface area (Å²) in [5, 5.41) is 3.09. The number of ether oxygens (including phenoxy) is 1. The maximum absolute atomic E-state index is 12.6. The Balaban J connectivity index is 1.51. The van der Waals surface area contributed by atoms with Gasteiger partial charge in [-0.2, -0.15) is 0 Å². The third-order valence-electron chi connectivity index (χ3n) is 4.38. The highest BCUT2D eigenvalue weighted by molar-refractivity contribution is 5.79. The largest absolute Gasteiger partial charge is 0.493 e. The highest BCUT2D eigenvalue weighted by Gasteiger charge is 2.20. The summed E-state index contributed by atoms with van der Waals surface area (Å²) < 4.78 is 11.0. The second-order valence-electron chi connectivity index (χ2n) is 6.14. The van der Waals surface area contributed by atoms with Crippen LogP contribution in [0.1, 0.15) is 28.5 Å². The predicted octanol–water partition coefficient (Wildman–Crippen LogP) is 3.66. The van der Waals surface area contributed by atoms with E-state index in [2.05, 4.69) is 11.4 Å². The van der Waals surface area contributed by atoms with Gasteiger partial charge in [0.05, 0.1) is 19.3 Å². The first-order chi connectivity index (χ1) is 12.3. The highest BCUT2D eigenvalue weighted by atomic mass is 16.5. The van der Waals surface area contributed by atoms with Crippen molar-refractivity contribution in [1.29, 1.82) is 0 Å². The summed E-state index contributed by atoms with van der Waals surface area (Å²) in [5.74, 6) is 1.62. The predicted molar refractivity (Wildman–Crippen MR) is 94.5 cm³/mol. The standard InChI is InChI=1S/C21H19NO3/c23-20(14-15-8-9-18-17(13-15)10-12-25-18)22-21(19-7-4-11-24-19)16-5-2-1-3-6-16/h1-9,11,13,21H,10,12,14H2,(H,22,23). The molecule has 2 aromatic carbocycles. The Morgan fingerprint density at radius 2 is 1.96 bits per heavy atom. The summed E-state index contributed by atoms with van der Waals surface area (Å²) in [6, 6.07) is 19.2. The molecule has 0 saturated heterocycles. The molecule has 0 fully saturated rings. The van der Waals surface area contributed by atoms with Gasteiger partial charge in [0.15, 0.2) is 0 Å². The van der Waals surface area contributed by atoms with E-state index in [1.165, 1.54) is 5.56 Å². The van der Waals surface area contributed by atoms with Crippen molar-refractivity contribution in [2.45, 2.75) is 18.9 Å². The van der Waals surface area contributed by atoms with Crippen molar-refractivity contribution in [1.82, 2.24) is 5.32 Å². The number of carbonyl (C=O) groups is 1. The monoisotopic (exact) mass is 333 g/mol. The zero-order chi connectivity index (χ0) is 17.1. The van der Waals surface area contributed by atoms with Crippen LogP contribution in [0.4, 0.5) is 0 Å². The van der Waals surface area contributed by atoms with Gasteiger partial charge in [-0.15, -0.1) is 0 Å². The number of furan rings is 1. The molecule has 4 nitrogen and oxygen atoms in total. The molecule has 0 radical (unpaired) electrons. The van der Waals surface area contributed by atoms with E-state index >= 15 is 0 Å². The summed E-state index contributed by atoms with van der Waals surface area (Å²) in [6.45, 7) is 0.722. The van der Waals surface area contributed by atoms with Crippen LogP contribution < -0.4 is 10.1 Å². The van der Waals surface area contributed by atoms with Crippen LogP contribution in [-0.2, 0) is 17.6 Å². The van der Waals surface area contributed by atoms with Crippen molar-refractivity contribution in [3.05, 3.63) is 89.4 Å². The van der Waals surface area contributed by atoms with Crippen molar-refractivity contribution >= 4 is 5.91 Å². The fraction of sp³-hybridized carbons (Fsp3) is 0.190. The van der Waals surface area contributed by atoms with Crippen LogP contribution in [0.3, 0.4) is 0 Å². The minimum Gasteiger partial charge on any atom is -0.493 e. The summed E-state index contributed by atoms with van der Waals surface area (Å²) in [7, 11) is 0. The van der Waals surface area contributed by atoms with Crippen LogP contribution in [0.25, 0.3) is 0 Å². The number of hydrogen-bond donors (Lipinski definition) is 1. The maximum Gasteiger partial charge on any atom is 0.225 e. The van der Waals surface area contributed by atoms with Gasteiger partial charge in [-0.25, -0.2) is 0 Å². The summed E-state index contributed by atoms with van der Waals surface area (Å²) in [6.07, 6.45) is 2.86. The van der Waals surface area contributed by atoms with Crippen LogP contribution in [0, 0.1) is 0 Å². The molecule has 1 atom stereocenters. The fourth-order valence-electron chi connectivity index (χ4n) is 3.17. The number of nitrogens with one attached hydrogen (secondary N) is 1. The van der Waals surface area contributed by atoms with E-state index in [1.807, 2.05) is 54.6 Å². The maximum atomic E-state index is 12.6. The van der Waals surface area contributed by atoms with Gasteiger partial charge in [0, 0.05) is 6.42 Å². The lowest BCUT2D eigenvalue weighted by Gasteiger charge is -2.17. The lowest BCUT2D eigenvalue weighted by molar-refractivity contribution is -0.121. The van der Waals surface area contributed by atoms with Gasteiger partial charge in [-0.3, -0.25) is 4.79 Å². The molecule has 1 amide bonds. The Labute approximate surface area is 146 Å². The number of amides is 1. The molecule has 0 aliphatic carbocycles. The van der Waals surface area contributed by atoms with E-state index in [4.69, 9.17) is 9.15 Å². The van der Waals surface area contributed by atoms with E-state index < -0.39 is 0 Å². The Bertz CT molecular complexity index is 856. The molecule has 1 N–H and O–H groups in total. The van der Waals surface area contributed by atoms with Crippen molar-refractivity contribution in [2.75, 3.05) is 6.61 Å². The fourth-order valence-corrected chi connectivity index (χ4v) is 3.17. The second-order valence-corrected chi connectivity index (χ2v) is 6.14. The number of carbonyl (C=O) groups excluding carboxylic acids is 1. The van der Waals surface area contributed by atoms with E-state index in [1.54, 1.807) is 6.26 Å². The van der Waals surface area contributed by atoms with Crippen molar-refractivity contribution < 1.29 is 13.9 Å². The van der Waals surface area contributed by atoms with Gasteiger partial charge in [-0.1, -0.05) is 42.5 Å². The lowest BCUT2D eigenvalue weighted by atomic mass is 10.0. The zero-order valence-corrected chi connectivity index (χ0v) is 13.8. The SMILES string of the molecule is O=C(Cc1ccc2c(c1)CCO2)NC(c1ccccc1)c1ccco1. The minimum atomic E-state index is -0.290. The Morgan fingerprint density at radius 1 is 1.08 bits per heavy atom. The smallest absolute Gasteiger partial charge is 0.225 e. The normalized spacial score (nSPS) is 13.8. The molecule has 0 saturated carbocycles. The zero-order valence-electron chi connectivity index (χ0n) is 13.8. The summed E-state index contributed by atoms with van der Waals surface area (Å²) in [5.41, 5.74) is 3.16. The molecule has 0 spiro atoms. The minimum absolute atomic E-state index is 0.0379. The molecule has 3 aromatic rings. The third-order valence-corrected chi connectivity index (χ3v) is 4.38. The van der Waals surface area contributed by atoms with E-state index in [0.29, 0.717) is 6.42 Å².